The minimum atomic E-state index is -0.736. The Bertz CT molecular complexity index is 834. The van der Waals surface area contributed by atoms with Crippen molar-refractivity contribution in [1.29, 1.82) is 10.5 Å². The highest BCUT2D eigenvalue weighted by atomic mass is 19.1. The highest BCUT2D eigenvalue weighted by Gasteiger charge is 2.29. The summed E-state index contributed by atoms with van der Waals surface area (Å²) in [7, 11) is 0. The fourth-order valence-corrected chi connectivity index (χ4v) is 4.98. The van der Waals surface area contributed by atoms with Crippen LogP contribution in [0.1, 0.15) is 68.4 Å². The van der Waals surface area contributed by atoms with Gasteiger partial charge < -0.3 is 0 Å². The zero-order valence-electron chi connectivity index (χ0n) is 17.0. The van der Waals surface area contributed by atoms with E-state index >= 15 is 0 Å². The number of hydrogen-bond acceptors (Lipinski definition) is 2. The molecule has 1 aromatic rings. The van der Waals surface area contributed by atoms with Gasteiger partial charge in [0.25, 0.3) is 0 Å². The summed E-state index contributed by atoms with van der Waals surface area (Å²) in [5, 5.41) is 17.4. The van der Waals surface area contributed by atoms with Gasteiger partial charge in [-0.15, -0.1) is 0 Å². The van der Waals surface area contributed by atoms with E-state index in [4.69, 9.17) is 10.5 Å². The summed E-state index contributed by atoms with van der Waals surface area (Å²) in [5.41, 5.74) is 3.54. The van der Waals surface area contributed by atoms with Crippen LogP contribution in [-0.2, 0) is 0 Å². The van der Waals surface area contributed by atoms with E-state index in [0.717, 1.165) is 31.2 Å². The summed E-state index contributed by atoms with van der Waals surface area (Å²) < 4.78 is 12.9. The third-order valence-electron chi connectivity index (χ3n) is 6.79. The van der Waals surface area contributed by atoms with Gasteiger partial charge in [0.05, 0.1) is 11.6 Å². The molecule has 0 heterocycles. The second-order valence-corrected chi connectivity index (χ2v) is 8.48. The lowest BCUT2D eigenvalue weighted by Crippen LogP contribution is -2.22. The van der Waals surface area contributed by atoms with Crippen molar-refractivity contribution in [2.75, 3.05) is 0 Å². The lowest BCUT2D eigenvalue weighted by molar-refractivity contribution is 0.290. The van der Waals surface area contributed by atoms with Gasteiger partial charge in [-0.3, -0.25) is 0 Å². The maximum Gasteiger partial charge on any atom is 0.199 e. The molecule has 1 aromatic carbocycles. The highest BCUT2D eigenvalue weighted by molar-refractivity contribution is 5.33. The van der Waals surface area contributed by atoms with E-state index in [0.29, 0.717) is 23.7 Å². The molecule has 0 saturated heterocycles. The Labute approximate surface area is 174 Å². The van der Waals surface area contributed by atoms with Crippen molar-refractivity contribution < 1.29 is 4.39 Å². The van der Waals surface area contributed by atoms with Crippen molar-refractivity contribution >= 4 is 0 Å². The Balaban J connectivity index is 1.45. The summed E-state index contributed by atoms with van der Waals surface area (Å²) in [4.78, 5) is 0. The third-order valence-corrected chi connectivity index (χ3v) is 6.79. The molecule has 0 atom stereocenters. The first-order chi connectivity index (χ1) is 14.1. The number of rotatable bonds is 5. The van der Waals surface area contributed by atoms with Crippen molar-refractivity contribution in [1.82, 2.24) is 0 Å². The molecule has 2 saturated carbocycles. The number of nitriles is 2. The summed E-state index contributed by atoms with van der Waals surface area (Å²) in [5.74, 6) is 1.60. The Morgan fingerprint density at radius 3 is 2.07 bits per heavy atom. The average molecular weight is 389 g/mol. The fraction of sp³-hybridized carbons (Fsp3) is 0.462. The van der Waals surface area contributed by atoms with E-state index < -0.39 is 5.83 Å². The van der Waals surface area contributed by atoms with Crippen LogP contribution in [0.5, 0.6) is 0 Å². The third kappa shape index (κ3) is 5.68. The SMILES string of the molecule is C=C([C@H]1CC[C@H](/C=C/C=C(\F)C#N)CC1)[C@H]1CC[C@H](c2ccc(C#N)cc2)CC1. The number of halogens is 1. The molecular weight excluding hydrogens is 359 g/mol. The van der Waals surface area contributed by atoms with Crippen LogP contribution in [-0.4, -0.2) is 0 Å². The van der Waals surface area contributed by atoms with Gasteiger partial charge in [-0.05, 0) is 98.8 Å². The smallest absolute Gasteiger partial charge is 0.195 e. The van der Waals surface area contributed by atoms with Gasteiger partial charge >= 0.3 is 0 Å². The Morgan fingerprint density at radius 2 is 1.52 bits per heavy atom. The Hall–Kier alpha value is -2.65. The van der Waals surface area contributed by atoms with Crippen molar-refractivity contribution in [2.24, 2.45) is 17.8 Å². The summed E-state index contributed by atoms with van der Waals surface area (Å²) >= 11 is 0. The molecule has 2 aliphatic rings. The molecule has 0 amide bonds. The van der Waals surface area contributed by atoms with Crippen LogP contribution in [0.2, 0.25) is 0 Å². The van der Waals surface area contributed by atoms with Crippen LogP contribution >= 0.6 is 0 Å². The second-order valence-electron chi connectivity index (χ2n) is 8.48. The molecule has 0 radical (unpaired) electrons. The van der Waals surface area contributed by atoms with Crippen LogP contribution < -0.4 is 0 Å². The molecule has 0 aliphatic heterocycles. The van der Waals surface area contributed by atoms with Gasteiger partial charge in [0.1, 0.15) is 6.07 Å². The van der Waals surface area contributed by atoms with Crippen molar-refractivity contribution in [3.05, 3.63) is 71.6 Å². The van der Waals surface area contributed by atoms with Crippen LogP contribution in [0.25, 0.3) is 0 Å². The molecular formula is C26H29FN2. The lowest BCUT2D eigenvalue weighted by Gasteiger charge is -2.36. The molecule has 3 rings (SSSR count). The Morgan fingerprint density at radius 1 is 0.931 bits per heavy atom. The van der Waals surface area contributed by atoms with Gasteiger partial charge in [-0.25, -0.2) is 0 Å². The van der Waals surface area contributed by atoms with Crippen LogP contribution in [0.4, 0.5) is 4.39 Å². The minimum Gasteiger partial charge on any atom is -0.195 e. The first-order valence-corrected chi connectivity index (χ1v) is 10.7. The standard InChI is InChI=1S/C26H29FN2/c1-19(22-9-5-20(6-10-22)3-2-4-26(27)18-29)23-13-15-25(16-14-23)24-11-7-21(17-28)8-12-24/h2-4,7-8,11-12,20,22-23,25H,1,5-6,9-10,13-16H2/b3-2+,26-4-/t20-,22-,23-,25-. The molecule has 0 aromatic heterocycles. The van der Waals surface area contributed by atoms with E-state index in [1.807, 2.05) is 18.2 Å². The molecule has 2 fully saturated rings. The average Bonchev–Trinajstić information content (AvgIpc) is 2.79. The molecule has 0 spiro atoms. The van der Waals surface area contributed by atoms with Crippen LogP contribution in [0, 0.1) is 40.4 Å². The topological polar surface area (TPSA) is 47.6 Å². The van der Waals surface area contributed by atoms with Gasteiger partial charge in [0.2, 0.25) is 0 Å². The quantitative estimate of drug-likeness (QED) is 0.306. The highest BCUT2D eigenvalue weighted by Crippen LogP contribution is 2.43. The van der Waals surface area contributed by atoms with Crippen LogP contribution in [0.3, 0.4) is 0 Å². The molecule has 0 bridgehead atoms. The lowest BCUT2D eigenvalue weighted by atomic mass is 9.70. The normalized spacial score (nSPS) is 27.9. The van der Waals surface area contributed by atoms with E-state index in [9.17, 15) is 4.39 Å². The molecule has 3 heteroatoms. The summed E-state index contributed by atoms with van der Waals surface area (Å²) in [6.07, 6.45) is 14.3. The Kier molecular flexibility index (Phi) is 7.42. The zero-order chi connectivity index (χ0) is 20.6. The van der Waals surface area contributed by atoms with Gasteiger partial charge in [0, 0.05) is 0 Å². The van der Waals surface area contributed by atoms with Crippen LogP contribution in [0.15, 0.2) is 60.5 Å². The predicted octanol–water partition coefficient (Wildman–Crippen LogP) is 7.13. The van der Waals surface area contributed by atoms with E-state index in [-0.39, 0.29) is 0 Å². The molecule has 29 heavy (non-hydrogen) atoms. The van der Waals surface area contributed by atoms with Gasteiger partial charge in [0.15, 0.2) is 5.83 Å². The van der Waals surface area contributed by atoms with Crippen molar-refractivity contribution in [3.63, 3.8) is 0 Å². The largest absolute Gasteiger partial charge is 0.199 e. The molecule has 0 N–H and O–H groups in total. The van der Waals surface area contributed by atoms with Crippen molar-refractivity contribution in [3.8, 4) is 12.1 Å². The maximum absolute atomic E-state index is 12.9. The molecule has 150 valence electrons. The van der Waals surface area contributed by atoms with Gasteiger partial charge in [-0.1, -0.05) is 36.4 Å². The molecule has 2 nitrogen and oxygen atoms in total. The summed E-state index contributed by atoms with van der Waals surface area (Å²) in [6, 6.07) is 11.8. The number of nitrogens with zero attached hydrogens (tertiary/aromatic N) is 2. The number of benzene rings is 1. The first kappa shape index (κ1) is 21.1. The molecule has 0 unspecified atom stereocenters. The molecule has 2 aliphatic carbocycles. The number of allylic oxidation sites excluding steroid dienone is 5. The fourth-order valence-electron chi connectivity index (χ4n) is 4.98. The number of hydrogen-bond donors (Lipinski definition) is 0. The first-order valence-electron chi connectivity index (χ1n) is 10.7. The second kappa shape index (κ2) is 10.2. The van der Waals surface area contributed by atoms with Crippen molar-refractivity contribution in [2.45, 2.75) is 57.3 Å². The minimum absolute atomic E-state index is 0.480. The predicted molar refractivity (Wildman–Crippen MR) is 114 cm³/mol. The van der Waals surface area contributed by atoms with Gasteiger partial charge in [-0.2, -0.15) is 14.9 Å². The monoisotopic (exact) mass is 388 g/mol. The van der Waals surface area contributed by atoms with E-state index in [1.54, 1.807) is 6.08 Å². The maximum atomic E-state index is 12.9. The summed E-state index contributed by atoms with van der Waals surface area (Å²) in [6.45, 7) is 4.49. The van der Waals surface area contributed by atoms with E-state index in [1.165, 1.54) is 49.0 Å². The van der Waals surface area contributed by atoms with E-state index in [2.05, 4.69) is 24.8 Å². The zero-order valence-corrected chi connectivity index (χ0v) is 17.0.